The highest BCUT2D eigenvalue weighted by Gasteiger charge is 2.59. The molecule has 0 saturated heterocycles. The molecule has 4 aliphatic rings. The van der Waals surface area contributed by atoms with Crippen molar-refractivity contribution in [2.24, 2.45) is 28.6 Å². The van der Waals surface area contributed by atoms with Crippen molar-refractivity contribution in [1.29, 1.82) is 0 Å². The maximum absolute atomic E-state index is 13.4. The number of hydrogen-bond acceptors (Lipinski definition) is 3. The van der Waals surface area contributed by atoms with Crippen LogP contribution >= 0.6 is 0 Å². The van der Waals surface area contributed by atoms with Crippen LogP contribution in [-0.2, 0) is 4.79 Å². The number of Topliss-reactive ketones (excluding diaryl/α,β-unsaturated/α-hetero) is 1. The van der Waals surface area contributed by atoms with Crippen molar-refractivity contribution < 1.29 is 9.90 Å². The molecule has 0 bridgehead atoms. The van der Waals surface area contributed by atoms with Gasteiger partial charge in [0, 0.05) is 30.3 Å². The van der Waals surface area contributed by atoms with E-state index in [9.17, 15) is 9.90 Å². The second kappa shape index (κ2) is 6.76. The molecule has 0 aromatic carbocycles. The largest absolute Gasteiger partial charge is 0.393 e. The Morgan fingerprint density at radius 2 is 1.81 bits per heavy atom. The van der Waals surface area contributed by atoms with E-state index in [1.807, 2.05) is 0 Å². The van der Waals surface area contributed by atoms with Gasteiger partial charge in [-0.25, -0.2) is 0 Å². The zero-order valence-electron chi connectivity index (χ0n) is 17.6. The van der Waals surface area contributed by atoms with Gasteiger partial charge >= 0.3 is 0 Å². The summed E-state index contributed by atoms with van der Waals surface area (Å²) in [7, 11) is 0. The lowest BCUT2D eigenvalue weighted by molar-refractivity contribution is -0.130. The Hall–Kier alpha value is -1.09. The van der Waals surface area contributed by atoms with Gasteiger partial charge in [-0.15, -0.1) is 0 Å². The average molecular weight is 372 g/mol. The number of carbonyl (C=O) groups excluding carboxylic acids is 1. The number of hydrogen-bond donors (Lipinski definition) is 1. The number of nitrogens with zero attached hydrogens (tertiary/aromatic N) is 1. The van der Waals surface area contributed by atoms with Crippen LogP contribution in [0.2, 0.25) is 0 Å². The summed E-state index contributed by atoms with van der Waals surface area (Å²) >= 11 is 0. The topological polar surface area (TPSA) is 40.5 Å². The van der Waals surface area contributed by atoms with Crippen LogP contribution in [0.15, 0.2) is 23.4 Å². The summed E-state index contributed by atoms with van der Waals surface area (Å²) in [4.78, 5) is 15.6. The molecule has 150 valence electrons. The number of rotatable bonds is 3. The van der Waals surface area contributed by atoms with Gasteiger partial charge in [-0.2, -0.15) is 0 Å². The zero-order chi connectivity index (χ0) is 19.4. The van der Waals surface area contributed by atoms with Crippen molar-refractivity contribution in [2.45, 2.75) is 78.7 Å². The number of carbonyl (C=O) groups is 1. The van der Waals surface area contributed by atoms with E-state index in [1.165, 1.54) is 12.0 Å². The number of allylic oxidation sites excluding steroid dienone is 2. The van der Waals surface area contributed by atoms with Gasteiger partial charge in [-0.05, 0) is 82.0 Å². The van der Waals surface area contributed by atoms with Crippen molar-refractivity contribution in [3.8, 4) is 0 Å². The maximum Gasteiger partial charge on any atom is 0.166 e. The third kappa shape index (κ3) is 2.84. The minimum atomic E-state index is -0.157. The Balaban J connectivity index is 1.65. The first kappa shape index (κ1) is 19.2. The third-order valence-corrected chi connectivity index (χ3v) is 8.87. The lowest BCUT2D eigenvalue weighted by atomic mass is 9.48. The first-order valence-electron chi connectivity index (χ1n) is 11.2. The molecule has 0 aromatic heterocycles. The fourth-order valence-electron chi connectivity index (χ4n) is 7.05. The molecule has 0 unspecified atom stereocenters. The molecule has 0 spiro atoms. The molecular weight excluding hydrogens is 334 g/mol. The first-order valence-corrected chi connectivity index (χ1v) is 11.2. The summed E-state index contributed by atoms with van der Waals surface area (Å²) in [5, 5.41) is 10.2. The third-order valence-electron chi connectivity index (χ3n) is 8.87. The second-order valence-electron chi connectivity index (χ2n) is 10.0. The van der Waals surface area contributed by atoms with Gasteiger partial charge in [-0.1, -0.05) is 25.5 Å². The number of aliphatic hydroxyl groups is 1. The summed E-state index contributed by atoms with van der Waals surface area (Å²) in [5.41, 5.74) is 2.67. The summed E-state index contributed by atoms with van der Waals surface area (Å²) < 4.78 is 0. The highest BCUT2D eigenvalue weighted by atomic mass is 16.3. The maximum atomic E-state index is 13.4. The van der Waals surface area contributed by atoms with E-state index in [4.69, 9.17) is 0 Å². The van der Waals surface area contributed by atoms with Crippen LogP contribution in [0.25, 0.3) is 0 Å². The lowest BCUT2D eigenvalue weighted by Crippen LogP contribution is -2.50. The number of ketones is 1. The Bertz CT molecular complexity index is 676. The molecule has 1 N–H and O–H groups in total. The molecule has 4 rings (SSSR count). The Morgan fingerprint density at radius 1 is 1.11 bits per heavy atom. The Labute approximate surface area is 164 Å². The van der Waals surface area contributed by atoms with E-state index in [-0.39, 0.29) is 16.9 Å². The molecule has 0 radical (unpaired) electrons. The number of aliphatic hydroxyl groups excluding tert-OH is 1. The molecule has 27 heavy (non-hydrogen) atoms. The summed E-state index contributed by atoms with van der Waals surface area (Å²) in [6, 6.07) is 0. The molecule has 4 aliphatic carbocycles. The predicted molar refractivity (Wildman–Crippen MR) is 109 cm³/mol. The summed E-state index contributed by atoms with van der Waals surface area (Å²) in [6.45, 7) is 11.0. The van der Waals surface area contributed by atoms with Gasteiger partial charge in [0.25, 0.3) is 0 Å². The van der Waals surface area contributed by atoms with Crippen LogP contribution in [0.1, 0.15) is 72.6 Å². The van der Waals surface area contributed by atoms with Gasteiger partial charge in [0.2, 0.25) is 0 Å². The van der Waals surface area contributed by atoms with Crippen LogP contribution in [0.5, 0.6) is 0 Å². The van der Waals surface area contributed by atoms with Crippen LogP contribution in [0.3, 0.4) is 0 Å². The van der Waals surface area contributed by atoms with Gasteiger partial charge in [-0.3, -0.25) is 4.79 Å². The SMILES string of the molecule is CCN(/C=C1/C[C@@H]2[C@H]3CC=C4C[C@H](O)CC[C@]4(C)[C@@H]3CC[C@@]2(C)C1=O)CC. The fourth-order valence-corrected chi connectivity index (χ4v) is 7.05. The van der Waals surface area contributed by atoms with Crippen LogP contribution in [0, 0.1) is 28.6 Å². The van der Waals surface area contributed by atoms with E-state index in [2.05, 4.69) is 44.9 Å². The van der Waals surface area contributed by atoms with Crippen molar-refractivity contribution in [3.63, 3.8) is 0 Å². The van der Waals surface area contributed by atoms with Gasteiger partial charge in [0.05, 0.1) is 6.10 Å². The van der Waals surface area contributed by atoms with Crippen LogP contribution in [0.4, 0.5) is 0 Å². The minimum Gasteiger partial charge on any atom is -0.393 e. The molecule has 3 fully saturated rings. The first-order chi connectivity index (χ1) is 12.8. The molecule has 0 amide bonds. The quantitative estimate of drug-likeness (QED) is 0.577. The second-order valence-corrected chi connectivity index (χ2v) is 10.0. The molecule has 3 nitrogen and oxygen atoms in total. The molecule has 0 heterocycles. The van der Waals surface area contributed by atoms with Crippen molar-refractivity contribution >= 4 is 5.78 Å². The summed E-state index contributed by atoms with van der Waals surface area (Å²) in [6.07, 6.45) is 11.7. The number of fused-ring (bicyclic) bond motifs is 5. The zero-order valence-corrected chi connectivity index (χ0v) is 17.6. The highest BCUT2D eigenvalue weighted by molar-refractivity contribution is 6.02. The molecule has 3 heteroatoms. The van der Waals surface area contributed by atoms with Gasteiger partial charge < -0.3 is 10.0 Å². The molecule has 6 atom stereocenters. The lowest BCUT2D eigenvalue weighted by Gasteiger charge is -2.56. The van der Waals surface area contributed by atoms with Crippen molar-refractivity contribution in [2.75, 3.05) is 13.1 Å². The van der Waals surface area contributed by atoms with Gasteiger partial charge in [0.15, 0.2) is 5.78 Å². The van der Waals surface area contributed by atoms with Gasteiger partial charge in [0.1, 0.15) is 0 Å². The Morgan fingerprint density at radius 3 is 2.52 bits per heavy atom. The monoisotopic (exact) mass is 371 g/mol. The van der Waals surface area contributed by atoms with E-state index in [0.717, 1.165) is 57.2 Å². The Kier molecular flexibility index (Phi) is 4.81. The summed E-state index contributed by atoms with van der Waals surface area (Å²) in [5.74, 6) is 2.23. The normalized spacial score (nSPS) is 45.1. The standard InChI is InChI=1S/C24H37NO2/c1-5-25(6-2)15-16-13-21-19-8-7-17-14-18(26)9-11-23(17,3)20(19)10-12-24(21,4)22(16)27/h7,15,18-21,26H,5-6,8-14H2,1-4H3/b16-15-/t18-,19+,20-,21-,23+,24-/m1/s1. The molecule has 0 aromatic rings. The molecule has 3 saturated carbocycles. The van der Waals surface area contributed by atoms with Crippen molar-refractivity contribution in [1.82, 2.24) is 4.90 Å². The minimum absolute atomic E-state index is 0.147. The smallest absolute Gasteiger partial charge is 0.166 e. The van der Waals surface area contributed by atoms with E-state index >= 15 is 0 Å². The predicted octanol–water partition coefficient (Wildman–Crippen LogP) is 4.71. The fraction of sp³-hybridized carbons (Fsp3) is 0.792. The van der Waals surface area contributed by atoms with Crippen LogP contribution < -0.4 is 0 Å². The van der Waals surface area contributed by atoms with E-state index in [1.54, 1.807) is 0 Å². The molecular formula is C24H37NO2. The highest BCUT2D eigenvalue weighted by Crippen LogP contribution is 2.64. The van der Waals surface area contributed by atoms with Crippen LogP contribution in [-0.4, -0.2) is 35.0 Å². The van der Waals surface area contributed by atoms with E-state index in [0.29, 0.717) is 23.5 Å². The average Bonchev–Trinajstić information content (AvgIpc) is 2.91. The molecule has 0 aliphatic heterocycles. The van der Waals surface area contributed by atoms with Crippen molar-refractivity contribution in [3.05, 3.63) is 23.4 Å². The van der Waals surface area contributed by atoms with E-state index < -0.39 is 0 Å².